The van der Waals surface area contributed by atoms with Crippen LogP contribution in [-0.2, 0) is 19.6 Å². The molecule has 142 valence electrons. The summed E-state index contributed by atoms with van der Waals surface area (Å²) in [7, 11) is -1.95. The summed E-state index contributed by atoms with van der Waals surface area (Å²) < 4.78 is 30.9. The number of hydrogen-bond donors (Lipinski definition) is 2. The number of rotatable bonds is 5. The third kappa shape index (κ3) is 3.00. The molecule has 1 aliphatic heterocycles. The highest BCUT2D eigenvalue weighted by molar-refractivity contribution is 7.93. The summed E-state index contributed by atoms with van der Waals surface area (Å²) in [4.78, 5) is 23.7. The van der Waals surface area contributed by atoms with Crippen molar-refractivity contribution in [2.45, 2.75) is 20.3 Å². The van der Waals surface area contributed by atoms with Gasteiger partial charge in [0.05, 0.1) is 30.4 Å². The maximum Gasteiger partial charge on any atom is 0.307 e. The maximum absolute atomic E-state index is 12.5. The zero-order valence-corrected chi connectivity index (χ0v) is 15.7. The molecule has 2 N–H and O–H groups in total. The highest BCUT2D eigenvalue weighted by atomic mass is 32.2. The van der Waals surface area contributed by atoms with Crippen LogP contribution in [0.15, 0.2) is 18.2 Å². The monoisotopic (exact) mass is 382 g/mol. The normalized spacial score (nSPS) is 25.6. The van der Waals surface area contributed by atoms with Gasteiger partial charge in [0.25, 0.3) is 0 Å². The van der Waals surface area contributed by atoms with Crippen LogP contribution >= 0.6 is 0 Å². The highest BCUT2D eigenvalue weighted by Crippen LogP contribution is 2.58. The third-order valence-electron chi connectivity index (χ3n) is 5.19. The Morgan fingerprint density at radius 1 is 1.31 bits per heavy atom. The largest absolute Gasteiger partial charge is 0.495 e. The van der Waals surface area contributed by atoms with E-state index in [0.29, 0.717) is 30.1 Å². The maximum atomic E-state index is 12.5. The summed E-state index contributed by atoms with van der Waals surface area (Å²) in [6.07, 6.45) is 0.526. The lowest BCUT2D eigenvalue weighted by atomic mass is 10.1. The van der Waals surface area contributed by atoms with Crippen LogP contribution in [0, 0.1) is 17.3 Å². The van der Waals surface area contributed by atoms with Crippen LogP contribution in [-0.4, -0.2) is 44.8 Å². The number of methoxy groups -OCH3 is 1. The molecule has 0 radical (unpaired) electrons. The Morgan fingerprint density at radius 3 is 2.50 bits per heavy atom. The molecule has 1 saturated heterocycles. The average Bonchev–Trinajstić information content (AvgIpc) is 2.96. The number of nitrogens with one attached hydrogen (secondary N) is 1. The van der Waals surface area contributed by atoms with Crippen LogP contribution < -0.4 is 14.4 Å². The molecule has 1 heterocycles. The van der Waals surface area contributed by atoms with Crippen molar-refractivity contribution in [2.24, 2.45) is 17.3 Å². The van der Waals surface area contributed by atoms with Gasteiger partial charge < -0.3 is 15.2 Å². The van der Waals surface area contributed by atoms with E-state index < -0.39 is 33.2 Å². The number of benzene rings is 1. The number of ether oxygens (including phenoxy) is 1. The smallest absolute Gasteiger partial charge is 0.307 e. The third-order valence-corrected chi connectivity index (χ3v) is 7.05. The Kier molecular flexibility index (Phi) is 4.38. The SMILES string of the molecule is COc1ccc(NC(=O)C2C(C(=O)O)C2(C)C)cc1N1CCCS1(=O)=O. The van der Waals surface area contributed by atoms with Gasteiger partial charge in [-0.2, -0.15) is 0 Å². The number of carboxylic acids is 1. The van der Waals surface area contributed by atoms with Crippen molar-refractivity contribution < 1.29 is 27.9 Å². The minimum atomic E-state index is -3.40. The van der Waals surface area contributed by atoms with Gasteiger partial charge >= 0.3 is 5.97 Å². The van der Waals surface area contributed by atoms with E-state index in [4.69, 9.17) is 4.74 Å². The molecular formula is C17H22N2O6S. The Morgan fingerprint density at radius 2 is 2.00 bits per heavy atom. The van der Waals surface area contributed by atoms with Gasteiger partial charge in [-0.3, -0.25) is 13.9 Å². The van der Waals surface area contributed by atoms with Crippen LogP contribution in [0.5, 0.6) is 5.75 Å². The molecule has 2 unspecified atom stereocenters. The first-order valence-corrected chi connectivity index (χ1v) is 9.92. The van der Waals surface area contributed by atoms with Gasteiger partial charge in [-0.1, -0.05) is 13.8 Å². The van der Waals surface area contributed by atoms with Crippen molar-refractivity contribution >= 4 is 33.3 Å². The molecule has 9 heteroatoms. The first kappa shape index (κ1) is 18.5. The van der Waals surface area contributed by atoms with Gasteiger partial charge in [0.1, 0.15) is 5.75 Å². The van der Waals surface area contributed by atoms with E-state index in [9.17, 15) is 23.1 Å². The van der Waals surface area contributed by atoms with Crippen LogP contribution in [0.3, 0.4) is 0 Å². The van der Waals surface area contributed by atoms with Crippen LogP contribution in [0.2, 0.25) is 0 Å². The fourth-order valence-corrected chi connectivity index (χ4v) is 5.24. The lowest BCUT2D eigenvalue weighted by Gasteiger charge is -2.20. The number of anilines is 2. The van der Waals surface area contributed by atoms with Crippen molar-refractivity contribution in [3.05, 3.63) is 18.2 Å². The molecule has 1 saturated carbocycles. The lowest BCUT2D eigenvalue weighted by Crippen LogP contribution is -2.26. The Labute approximate surface area is 152 Å². The van der Waals surface area contributed by atoms with E-state index in [1.54, 1.807) is 32.0 Å². The van der Waals surface area contributed by atoms with E-state index in [-0.39, 0.29) is 11.7 Å². The molecule has 1 aromatic rings. The zero-order chi connectivity index (χ0) is 19.3. The van der Waals surface area contributed by atoms with E-state index in [1.165, 1.54) is 11.4 Å². The Balaban J connectivity index is 1.85. The van der Waals surface area contributed by atoms with Gasteiger partial charge in [0.15, 0.2) is 0 Å². The second kappa shape index (κ2) is 6.15. The molecule has 1 aliphatic carbocycles. The van der Waals surface area contributed by atoms with Gasteiger partial charge in [-0.15, -0.1) is 0 Å². The van der Waals surface area contributed by atoms with Crippen molar-refractivity contribution in [1.29, 1.82) is 0 Å². The number of carbonyl (C=O) groups is 2. The summed E-state index contributed by atoms with van der Waals surface area (Å²) in [6.45, 7) is 3.84. The molecular weight excluding hydrogens is 360 g/mol. The molecule has 1 amide bonds. The highest BCUT2D eigenvalue weighted by Gasteiger charge is 2.65. The van der Waals surface area contributed by atoms with E-state index >= 15 is 0 Å². The number of sulfonamides is 1. The standard InChI is InChI=1S/C17H22N2O6S/c1-17(2)13(14(17)16(21)22)15(20)18-10-5-6-12(25-3)11(9-10)19-7-4-8-26(19,23)24/h5-6,9,13-14H,4,7-8H2,1-3H3,(H,18,20)(H,21,22). The van der Waals surface area contributed by atoms with Crippen molar-refractivity contribution in [1.82, 2.24) is 0 Å². The second-order valence-corrected chi connectivity index (χ2v) is 9.25. The Hall–Kier alpha value is -2.29. The van der Waals surface area contributed by atoms with Gasteiger partial charge in [-0.25, -0.2) is 8.42 Å². The number of nitrogens with zero attached hydrogens (tertiary/aromatic N) is 1. The fraction of sp³-hybridized carbons (Fsp3) is 0.529. The fourth-order valence-electron chi connectivity index (χ4n) is 3.68. The van der Waals surface area contributed by atoms with Gasteiger partial charge in [-0.05, 0) is 30.0 Å². The summed E-state index contributed by atoms with van der Waals surface area (Å²) in [5.41, 5.74) is 0.163. The average molecular weight is 382 g/mol. The first-order valence-electron chi connectivity index (χ1n) is 8.31. The molecule has 8 nitrogen and oxygen atoms in total. The number of amides is 1. The van der Waals surface area contributed by atoms with Crippen molar-refractivity contribution in [3.63, 3.8) is 0 Å². The summed E-state index contributed by atoms with van der Waals surface area (Å²) in [5, 5.41) is 11.9. The van der Waals surface area contributed by atoms with E-state index in [1.807, 2.05) is 0 Å². The molecule has 0 bridgehead atoms. The lowest BCUT2D eigenvalue weighted by molar-refractivity contribution is -0.140. The minimum absolute atomic E-state index is 0.0727. The van der Waals surface area contributed by atoms with Gasteiger partial charge in [0, 0.05) is 12.2 Å². The molecule has 0 aromatic heterocycles. The van der Waals surface area contributed by atoms with Crippen LogP contribution in [0.4, 0.5) is 11.4 Å². The quantitative estimate of drug-likeness (QED) is 0.798. The summed E-state index contributed by atoms with van der Waals surface area (Å²) in [5.74, 6) is -2.26. The second-order valence-electron chi connectivity index (χ2n) is 7.23. The van der Waals surface area contributed by atoms with E-state index in [0.717, 1.165) is 0 Å². The van der Waals surface area contributed by atoms with Crippen molar-refractivity contribution in [2.75, 3.05) is 29.0 Å². The first-order chi connectivity index (χ1) is 12.1. The zero-order valence-electron chi connectivity index (χ0n) is 14.9. The molecule has 26 heavy (non-hydrogen) atoms. The number of aliphatic carboxylic acids is 1. The molecule has 2 aliphatic rings. The summed E-state index contributed by atoms with van der Waals surface area (Å²) >= 11 is 0. The molecule has 3 rings (SSSR count). The predicted octanol–water partition coefficient (Wildman–Crippen LogP) is 1.53. The number of carbonyl (C=O) groups excluding carboxylic acids is 1. The summed E-state index contributed by atoms with van der Waals surface area (Å²) in [6, 6.07) is 4.74. The minimum Gasteiger partial charge on any atom is -0.495 e. The number of carboxylic acid groups (broad SMARTS) is 1. The van der Waals surface area contributed by atoms with Crippen LogP contribution in [0.1, 0.15) is 20.3 Å². The molecule has 2 fully saturated rings. The Bertz CT molecular complexity index is 864. The molecule has 1 aromatic carbocycles. The molecule has 0 spiro atoms. The van der Waals surface area contributed by atoms with Crippen molar-refractivity contribution in [3.8, 4) is 5.75 Å². The molecule has 2 atom stereocenters. The van der Waals surface area contributed by atoms with Gasteiger partial charge in [0.2, 0.25) is 15.9 Å². The van der Waals surface area contributed by atoms with Crippen LogP contribution in [0.25, 0.3) is 0 Å². The number of hydrogen-bond acceptors (Lipinski definition) is 5. The van der Waals surface area contributed by atoms with E-state index in [2.05, 4.69) is 5.32 Å². The predicted molar refractivity (Wildman–Crippen MR) is 95.8 cm³/mol. The topological polar surface area (TPSA) is 113 Å².